The second-order valence-electron chi connectivity index (χ2n) is 4.33. The third kappa shape index (κ3) is 3.81. The van der Waals surface area contributed by atoms with Crippen molar-refractivity contribution in [2.75, 3.05) is 0 Å². The Morgan fingerprint density at radius 3 is 2.53 bits per heavy atom. The lowest BCUT2D eigenvalue weighted by molar-refractivity contribution is 0.303. The van der Waals surface area contributed by atoms with E-state index >= 15 is 0 Å². The average molecular weight is 385 g/mol. The monoisotopic (exact) mass is 383 g/mol. The molecule has 4 heteroatoms. The molecule has 0 heterocycles. The van der Waals surface area contributed by atoms with Crippen LogP contribution in [0.3, 0.4) is 0 Å². The Balaban J connectivity index is 2.10. The normalized spacial score (nSPS) is 10.5. The van der Waals surface area contributed by atoms with Crippen molar-refractivity contribution in [2.45, 2.75) is 20.1 Å². The van der Waals surface area contributed by atoms with Gasteiger partial charge in [-0.05, 0) is 57.7 Å². The second-order valence-corrected chi connectivity index (χ2v) is 6.10. The van der Waals surface area contributed by atoms with Gasteiger partial charge in [0.2, 0.25) is 0 Å². The van der Waals surface area contributed by atoms with Crippen molar-refractivity contribution in [2.24, 2.45) is 5.73 Å². The van der Waals surface area contributed by atoms with Crippen molar-refractivity contribution < 1.29 is 4.74 Å². The molecular weight excluding hydrogens is 370 g/mol. The predicted molar refractivity (Wildman–Crippen MR) is 85.2 cm³/mol. The minimum Gasteiger partial charge on any atom is -0.488 e. The van der Waals surface area contributed by atoms with Crippen LogP contribution in [0.25, 0.3) is 0 Å². The van der Waals surface area contributed by atoms with E-state index in [0.29, 0.717) is 13.2 Å². The maximum Gasteiger partial charge on any atom is 0.134 e. The first-order chi connectivity index (χ1) is 9.10. The van der Waals surface area contributed by atoms with Gasteiger partial charge in [0.1, 0.15) is 12.4 Å². The van der Waals surface area contributed by atoms with Gasteiger partial charge in [0.25, 0.3) is 0 Å². The average Bonchev–Trinajstić information content (AvgIpc) is 2.39. The van der Waals surface area contributed by atoms with Crippen LogP contribution in [0.1, 0.15) is 16.7 Å². The Bertz CT molecular complexity index is 584. The highest BCUT2D eigenvalue weighted by Crippen LogP contribution is 2.29. The van der Waals surface area contributed by atoms with Crippen LogP contribution >= 0.6 is 31.9 Å². The zero-order valence-corrected chi connectivity index (χ0v) is 13.8. The Kier molecular flexibility index (Phi) is 5.02. The molecule has 2 rings (SSSR count). The molecule has 0 radical (unpaired) electrons. The van der Waals surface area contributed by atoms with Gasteiger partial charge in [0.15, 0.2) is 0 Å². The van der Waals surface area contributed by atoms with E-state index in [0.717, 1.165) is 20.3 Å². The lowest BCUT2D eigenvalue weighted by atomic mass is 10.1. The molecule has 2 aromatic rings. The van der Waals surface area contributed by atoms with Crippen LogP contribution in [0, 0.1) is 6.92 Å². The maximum absolute atomic E-state index is 5.83. The summed E-state index contributed by atoms with van der Waals surface area (Å²) in [4.78, 5) is 0. The van der Waals surface area contributed by atoms with Crippen LogP contribution in [0.5, 0.6) is 5.75 Å². The highest BCUT2D eigenvalue weighted by Gasteiger charge is 2.04. The first-order valence-corrected chi connectivity index (χ1v) is 7.55. The summed E-state index contributed by atoms with van der Waals surface area (Å²) in [5, 5.41) is 0. The number of hydrogen-bond donors (Lipinski definition) is 1. The largest absolute Gasteiger partial charge is 0.488 e. The van der Waals surface area contributed by atoms with E-state index < -0.39 is 0 Å². The highest BCUT2D eigenvalue weighted by atomic mass is 79.9. The van der Waals surface area contributed by atoms with Crippen LogP contribution in [-0.2, 0) is 13.2 Å². The fourth-order valence-corrected chi connectivity index (χ4v) is 2.96. The zero-order chi connectivity index (χ0) is 13.8. The summed E-state index contributed by atoms with van der Waals surface area (Å²) >= 11 is 6.91. The molecule has 0 spiro atoms. The van der Waals surface area contributed by atoms with Crippen molar-refractivity contribution >= 4 is 31.9 Å². The van der Waals surface area contributed by atoms with E-state index in [4.69, 9.17) is 10.5 Å². The SMILES string of the molecule is Cc1cc(CN)ccc1COc1ccc(Br)cc1Br. The van der Waals surface area contributed by atoms with Gasteiger partial charge in [-0.2, -0.15) is 0 Å². The lowest BCUT2D eigenvalue weighted by Crippen LogP contribution is -2.01. The Morgan fingerprint density at radius 1 is 1.11 bits per heavy atom. The molecule has 2 aromatic carbocycles. The number of halogens is 2. The van der Waals surface area contributed by atoms with Gasteiger partial charge in [-0.3, -0.25) is 0 Å². The number of nitrogens with two attached hydrogens (primary N) is 1. The lowest BCUT2D eigenvalue weighted by Gasteiger charge is -2.11. The van der Waals surface area contributed by atoms with Gasteiger partial charge in [-0.15, -0.1) is 0 Å². The molecule has 0 amide bonds. The van der Waals surface area contributed by atoms with E-state index in [1.165, 1.54) is 11.1 Å². The number of ether oxygens (including phenoxy) is 1. The van der Waals surface area contributed by atoms with Crippen LogP contribution in [0.2, 0.25) is 0 Å². The molecule has 0 aliphatic rings. The van der Waals surface area contributed by atoms with Crippen molar-refractivity contribution in [1.29, 1.82) is 0 Å². The Hall–Kier alpha value is -0.840. The van der Waals surface area contributed by atoms with E-state index in [1.54, 1.807) is 0 Å². The summed E-state index contributed by atoms with van der Waals surface area (Å²) in [7, 11) is 0. The molecule has 0 aromatic heterocycles. The quantitative estimate of drug-likeness (QED) is 0.838. The third-order valence-corrected chi connectivity index (χ3v) is 4.03. The smallest absolute Gasteiger partial charge is 0.134 e. The summed E-state index contributed by atoms with van der Waals surface area (Å²) < 4.78 is 7.80. The molecule has 0 bridgehead atoms. The number of hydrogen-bond acceptors (Lipinski definition) is 2. The van der Waals surface area contributed by atoms with Gasteiger partial charge >= 0.3 is 0 Å². The molecule has 100 valence electrons. The Labute approximate surface area is 130 Å². The van der Waals surface area contributed by atoms with Gasteiger partial charge in [-0.1, -0.05) is 34.1 Å². The molecule has 0 saturated carbocycles. The Morgan fingerprint density at radius 2 is 1.89 bits per heavy atom. The van der Waals surface area contributed by atoms with Gasteiger partial charge in [-0.25, -0.2) is 0 Å². The number of benzene rings is 2. The summed E-state index contributed by atoms with van der Waals surface area (Å²) in [6.07, 6.45) is 0. The number of rotatable bonds is 4. The van der Waals surface area contributed by atoms with E-state index in [2.05, 4.69) is 50.9 Å². The maximum atomic E-state index is 5.83. The third-order valence-electron chi connectivity index (χ3n) is 2.92. The molecule has 0 aliphatic carbocycles. The highest BCUT2D eigenvalue weighted by molar-refractivity contribution is 9.11. The first kappa shape index (κ1) is 14.6. The molecule has 2 nitrogen and oxygen atoms in total. The second kappa shape index (κ2) is 6.55. The molecule has 0 saturated heterocycles. The van der Waals surface area contributed by atoms with Gasteiger partial charge in [0.05, 0.1) is 4.47 Å². The summed E-state index contributed by atoms with van der Waals surface area (Å²) in [6, 6.07) is 12.1. The summed E-state index contributed by atoms with van der Waals surface area (Å²) in [5.74, 6) is 0.838. The minimum atomic E-state index is 0.552. The van der Waals surface area contributed by atoms with Crippen LogP contribution in [0.4, 0.5) is 0 Å². The van der Waals surface area contributed by atoms with E-state index in [1.807, 2.05) is 24.3 Å². The molecule has 0 atom stereocenters. The van der Waals surface area contributed by atoms with Gasteiger partial charge < -0.3 is 10.5 Å². The zero-order valence-electron chi connectivity index (χ0n) is 10.6. The van der Waals surface area contributed by atoms with Gasteiger partial charge in [0, 0.05) is 11.0 Å². The number of aryl methyl sites for hydroxylation is 1. The molecular formula is C15H15Br2NO. The van der Waals surface area contributed by atoms with Crippen molar-refractivity contribution in [3.63, 3.8) is 0 Å². The molecule has 19 heavy (non-hydrogen) atoms. The van der Waals surface area contributed by atoms with E-state index in [9.17, 15) is 0 Å². The topological polar surface area (TPSA) is 35.2 Å². The summed E-state index contributed by atoms with van der Waals surface area (Å²) in [6.45, 7) is 3.20. The van der Waals surface area contributed by atoms with Crippen molar-refractivity contribution in [3.05, 3.63) is 62.0 Å². The van der Waals surface area contributed by atoms with Crippen LogP contribution in [-0.4, -0.2) is 0 Å². The van der Waals surface area contributed by atoms with Crippen LogP contribution in [0.15, 0.2) is 45.3 Å². The minimum absolute atomic E-state index is 0.552. The van der Waals surface area contributed by atoms with Crippen molar-refractivity contribution in [1.82, 2.24) is 0 Å². The first-order valence-electron chi connectivity index (χ1n) is 5.96. The van der Waals surface area contributed by atoms with Crippen LogP contribution < -0.4 is 10.5 Å². The van der Waals surface area contributed by atoms with Crippen molar-refractivity contribution in [3.8, 4) is 5.75 Å². The predicted octanol–water partition coefficient (Wildman–Crippen LogP) is 4.56. The summed E-state index contributed by atoms with van der Waals surface area (Å²) in [5.41, 5.74) is 9.15. The fourth-order valence-electron chi connectivity index (χ4n) is 1.79. The molecule has 0 unspecified atom stereocenters. The van der Waals surface area contributed by atoms with E-state index in [-0.39, 0.29) is 0 Å². The molecule has 0 aliphatic heterocycles. The standard InChI is InChI=1S/C15H15Br2NO/c1-10-6-11(8-18)2-3-12(10)9-19-15-5-4-13(16)7-14(15)17/h2-7H,8-9,18H2,1H3. The molecule has 0 fully saturated rings. The molecule has 2 N–H and O–H groups in total. The fraction of sp³-hybridized carbons (Fsp3) is 0.200.